The number of aryl methyl sites for hydroxylation is 1. The summed E-state index contributed by atoms with van der Waals surface area (Å²) in [5.74, 6) is 0. The Morgan fingerprint density at radius 3 is 2.30 bits per heavy atom. The Balaban J connectivity index is 0.000000121. The predicted octanol–water partition coefficient (Wildman–Crippen LogP) is 4.23. The van der Waals surface area contributed by atoms with E-state index < -0.39 is 0 Å². The third-order valence-corrected chi connectivity index (χ3v) is 3.97. The van der Waals surface area contributed by atoms with Crippen LogP contribution >= 0.6 is 15.9 Å². The second-order valence-corrected chi connectivity index (χ2v) is 5.98. The molecule has 0 saturated heterocycles. The molecule has 0 unspecified atom stereocenters. The summed E-state index contributed by atoms with van der Waals surface area (Å²) in [5, 5.41) is 5.91. The van der Waals surface area contributed by atoms with Gasteiger partial charge in [0.25, 0.3) is 0 Å². The molecule has 2 nitrogen and oxygen atoms in total. The van der Waals surface area contributed by atoms with Gasteiger partial charge in [-0.1, -0.05) is 46.3 Å². The van der Waals surface area contributed by atoms with Crippen molar-refractivity contribution >= 4 is 26.7 Å². The summed E-state index contributed by atoms with van der Waals surface area (Å²) in [6.07, 6.45) is 4.24. The zero-order valence-corrected chi connectivity index (χ0v) is 13.0. The fourth-order valence-corrected chi connectivity index (χ4v) is 2.89. The number of hydrogen-bond donors (Lipinski definition) is 1. The SMILES string of the molecule is Brc1ccc2c(c1)CNC2.Cn1cc2ccccc2c1. The highest BCUT2D eigenvalue weighted by Crippen LogP contribution is 2.19. The maximum Gasteiger partial charge on any atom is 0.0212 e. The lowest BCUT2D eigenvalue weighted by Gasteiger charge is -1.95. The van der Waals surface area contributed by atoms with Gasteiger partial charge in [-0.05, 0) is 34.0 Å². The van der Waals surface area contributed by atoms with E-state index >= 15 is 0 Å². The monoisotopic (exact) mass is 328 g/mol. The Labute approximate surface area is 127 Å². The summed E-state index contributed by atoms with van der Waals surface area (Å²) in [5.41, 5.74) is 2.86. The van der Waals surface area contributed by atoms with Gasteiger partial charge in [-0.3, -0.25) is 0 Å². The van der Waals surface area contributed by atoms with Crippen LogP contribution in [0, 0.1) is 0 Å². The molecule has 0 atom stereocenters. The Hall–Kier alpha value is -1.58. The molecule has 0 fully saturated rings. The first-order valence-corrected chi connectivity index (χ1v) is 7.50. The van der Waals surface area contributed by atoms with E-state index in [1.165, 1.54) is 26.4 Å². The number of hydrogen-bond acceptors (Lipinski definition) is 1. The van der Waals surface area contributed by atoms with Crippen molar-refractivity contribution in [3.8, 4) is 0 Å². The quantitative estimate of drug-likeness (QED) is 0.653. The number of halogens is 1. The standard InChI is InChI=1S/C9H9N.C8H8BrN/c1-10-6-8-4-2-3-5-9(8)7-10;9-8-2-1-6-4-10-5-7(6)3-8/h2-7H,1H3;1-3,10H,4-5H2. The number of nitrogens with zero attached hydrogens (tertiary/aromatic N) is 1. The van der Waals surface area contributed by atoms with Crippen LogP contribution in [0.4, 0.5) is 0 Å². The zero-order valence-electron chi connectivity index (χ0n) is 11.4. The minimum absolute atomic E-state index is 1.02. The molecule has 102 valence electrons. The first kappa shape index (κ1) is 13.4. The minimum Gasteiger partial charge on any atom is -0.356 e. The Morgan fingerprint density at radius 2 is 1.60 bits per heavy atom. The zero-order chi connectivity index (χ0) is 13.9. The molecule has 1 aromatic heterocycles. The molecule has 1 aliphatic heterocycles. The lowest BCUT2D eigenvalue weighted by atomic mass is 10.1. The second-order valence-electron chi connectivity index (χ2n) is 5.07. The third kappa shape index (κ3) is 2.94. The van der Waals surface area contributed by atoms with Crippen LogP contribution < -0.4 is 5.32 Å². The van der Waals surface area contributed by atoms with Gasteiger partial charge in [0.2, 0.25) is 0 Å². The van der Waals surface area contributed by atoms with Crippen molar-refractivity contribution in [1.82, 2.24) is 9.88 Å². The van der Waals surface area contributed by atoms with Crippen LogP contribution in [0.25, 0.3) is 10.8 Å². The average Bonchev–Trinajstić information content (AvgIpc) is 3.03. The highest BCUT2D eigenvalue weighted by Gasteiger charge is 2.08. The van der Waals surface area contributed by atoms with Gasteiger partial charge in [0, 0.05) is 37.0 Å². The molecule has 2 aromatic carbocycles. The molecule has 20 heavy (non-hydrogen) atoms. The highest BCUT2D eigenvalue weighted by molar-refractivity contribution is 9.10. The first-order valence-electron chi connectivity index (χ1n) is 6.71. The molecule has 0 amide bonds. The largest absolute Gasteiger partial charge is 0.356 e. The van der Waals surface area contributed by atoms with Gasteiger partial charge in [-0.15, -0.1) is 0 Å². The van der Waals surface area contributed by atoms with Crippen LogP contribution in [0.5, 0.6) is 0 Å². The molecule has 4 rings (SSSR count). The van der Waals surface area contributed by atoms with Crippen LogP contribution in [0.2, 0.25) is 0 Å². The van der Waals surface area contributed by atoms with Gasteiger partial charge < -0.3 is 9.88 Å². The van der Waals surface area contributed by atoms with Gasteiger partial charge in [0.1, 0.15) is 0 Å². The summed E-state index contributed by atoms with van der Waals surface area (Å²) in [6, 6.07) is 14.8. The van der Waals surface area contributed by atoms with E-state index in [0.717, 1.165) is 13.1 Å². The van der Waals surface area contributed by atoms with E-state index in [-0.39, 0.29) is 0 Å². The van der Waals surface area contributed by atoms with E-state index in [9.17, 15) is 0 Å². The second kappa shape index (κ2) is 5.81. The smallest absolute Gasteiger partial charge is 0.0212 e. The summed E-state index contributed by atoms with van der Waals surface area (Å²) < 4.78 is 3.25. The number of benzene rings is 2. The molecule has 0 aliphatic carbocycles. The Kier molecular flexibility index (Phi) is 3.90. The van der Waals surface area contributed by atoms with Crippen LogP contribution in [0.3, 0.4) is 0 Å². The van der Waals surface area contributed by atoms with Crippen LogP contribution in [0.15, 0.2) is 59.3 Å². The van der Waals surface area contributed by atoms with Crippen LogP contribution in [-0.2, 0) is 20.1 Å². The molecule has 2 heterocycles. The number of fused-ring (bicyclic) bond motifs is 2. The predicted molar refractivity (Wildman–Crippen MR) is 87.6 cm³/mol. The normalized spacial score (nSPS) is 12.9. The molecule has 0 bridgehead atoms. The lowest BCUT2D eigenvalue weighted by molar-refractivity contribution is 0.765. The maximum absolute atomic E-state index is 3.44. The summed E-state index contributed by atoms with van der Waals surface area (Å²) >= 11 is 3.44. The molecule has 3 heteroatoms. The van der Waals surface area contributed by atoms with Gasteiger partial charge in [-0.2, -0.15) is 0 Å². The first-order chi connectivity index (χ1) is 9.72. The molecular formula is C17H17BrN2. The van der Waals surface area contributed by atoms with Gasteiger partial charge >= 0.3 is 0 Å². The highest BCUT2D eigenvalue weighted by atomic mass is 79.9. The number of nitrogens with one attached hydrogen (secondary N) is 1. The minimum atomic E-state index is 1.02. The molecule has 1 aliphatic rings. The fraction of sp³-hybridized carbons (Fsp3) is 0.176. The van der Waals surface area contributed by atoms with E-state index in [2.05, 4.69) is 80.7 Å². The van der Waals surface area contributed by atoms with E-state index in [1.54, 1.807) is 0 Å². The summed E-state index contributed by atoms with van der Waals surface area (Å²) in [7, 11) is 2.04. The molecule has 3 aromatic rings. The molecule has 0 spiro atoms. The van der Waals surface area contributed by atoms with Gasteiger partial charge in [-0.25, -0.2) is 0 Å². The Bertz CT molecular complexity index is 698. The Morgan fingerprint density at radius 1 is 0.950 bits per heavy atom. The summed E-state index contributed by atoms with van der Waals surface area (Å²) in [4.78, 5) is 0. The maximum atomic E-state index is 3.44. The van der Waals surface area contributed by atoms with Gasteiger partial charge in [0.15, 0.2) is 0 Å². The molecular weight excluding hydrogens is 312 g/mol. The van der Waals surface area contributed by atoms with E-state index in [0.29, 0.717) is 0 Å². The van der Waals surface area contributed by atoms with Crippen LogP contribution in [0.1, 0.15) is 11.1 Å². The van der Waals surface area contributed by atoms with Crippen molar-refractivity contribution in [1.29, 1.82) is 0 Å². The average molecular weight is 329 g/mol. The number of aromatic nitrogens is 1. The summed E-state index contributed by atoms with van der Waals surface area (Å²) in [6.45, 7) is 2.05. The van der Waals surface area contributed by atoms with Gasteiger partial charge in [0.05, 0.1) is 0 Å². The number of rotatable bonds is 0. The van der Waals surface area contributed by atoms with Crippen molar-refractivity contribution in [2.75, 3.05) is 0 Å². The van der Waals surface area contributed by atoms with Crippen molar-refractivity contribution in [3.63, 3.8) is 0 Å². The van der Waals surface area contributed by atoms with Crippen molar-refractivity contribution in [2.24, 2.45) is 7.05 Å². The van der Waals surface area contributed by atoms with Crippen molar-refractivity contribution < 1.29 is 0 Å². The third-order valence-electron chi connectivity index (χ3n) is 3.48. The lowest BCUT2D eigenvalue weighted by Crippen LogP contribution is -1.99. The molecule has 0 radical (unpaired) electrons. The van der Waals surface area contributed by atoms with E-state index in [1.807, 2.05) is 7.05 Å². The van der Waals surface area contributed by atoms with Crippen molar-refractivity contribution in [2.45, 2.75) is 13.1 Å². The van der Waals surface area contributed by atoms with E-state index in [4.69, 9.17) is 0 Å². The molecule has 0 saturated carbocycles. The fourth-order valence-electron chi connectivity index (χ4n) is 2.49. The van der Waals surface area contributed by atoms with Crippen LogP contribution in [-0.4, -0.2) is 4.57 Å². The van der Waals surface area contributed by atoms with Crippen molar-refractivity contribution in [3.05, 3.63) is 70.5 Å². The topological polar surface area (TPSA) is 17.0 Å². The molecule has 1 N–H and O–H groups in total.